The standard InChI is InChI=1S/C12H17F3N2O2/c1-10(2)9(19)17(6-12(13,14)15)11(3,7-4-5-7)8(18)16-10/h7H,4-6H2,1-3H3,(H,16,18). The van der Waals surface area contributed by atoms with Crippen molar-refractivity contribution in [3.8, 4) is 0 Å². The molecule has 7 heteroatoms. The zero-order valence-electron chi connectivity index (χ0n) is 11.1. The Kier molecular flexibility index (Phi) is 2.88. The Labute approximate surface area is 109 Å². The van der Waals surface area contributed by atoms with Gasteiger partial charge in [-0.3, -0.25) is 9.59 Å². The molecule has 1 aliphatic heterocycles. The lowest BCUT2D eigenvalue weighted by Crippen LogP contribution is -2.75. The third kappa shape index (κ3) is 2.30. The lowest BCUT2D eigenvalue weighted by atomic mass is 9.84. The first-order chi connectivity index (χ1) is 8.48. The molecular weight excluding hydrogens is 261 g/mol. The fraction of sp³-hybridized carbons (Fsp3) is 0.833. The number of hydrogen-bond acceptors (Lipinski definition) is 2. The van der Waals surface area contributed by atoms with Crippen molar-refractivity contribution >= 4 is 11.8 Å². The fourth-order valence-corrected chi connectivity index (χ4v) is 2.60. The van der Waals surface area contributed by atoms with Gasteiger partial charge in [-0.15, -0.1) is 0 Å². The first kappa shape index (κ1) is 14.1. The van der Waals surface area contributed by atoms with Crippen LogP contribution in [0.2, 0.25) is 0 Å². The fourth-order valence-electron chi connectivity index (χ4n) is 2.60. The van der Waals surface area contributed by atoms with Crippen LogP contribution in [0.3, 0.4) is 0 Å². The highest BCUT2D eigenvalue weighted by molar-refractivity contribution is 6.02. The third-order valence-electron chi connectivity index (χ3n) is 3.94. The zero-order chi connectivity index (χ0) is 14.6. The average molecular weight is 278 g/mol. The summed E-state index contributed by atoms with van der Waals surface area (Å²) >= 11 is 0. The molecule has 0 aromatic carbocycles. The number of hydrogen-bond donors (Lipinski definition) is 1. The summed E-state index contributed by atoms with van der Waals surface area (Å²) in [5, 5.41) is 2.54. The van der Waals surface area contributed by atoms with Crippen molar-refractivity contribution in [1.82, 2.24) is 10.2 Å². The van der Waals surface area contributed by atoms with E-state index in [0.29, 0.717) is 17.7 Å². The first-order valence-corrected chi connectivity index (χ1v) is 6.20. The van der Waals surface area contributed by atoms with E-state index in [9.17, 15) is 22.8 Å². The number of piperazine rings is 1. The molecule has 19 heavy (non-hydrogen) atoms. The minimum Gasteiger partial charge on any atom is -0.340 e. The molecule has 2 aliphatic rings. The van der Waals surface area contributed by atoms with E-state index in [1.165, 1.54) is 20.8 Å². The van der Waals surface area contributed by atoms with E-state index < -0.39 is 35.6 Å². The molecule has 0 aromatic heterocycles. The second-order valence-corrected chi connectivity index (χ2v) is 6.01. The Bertz CT molecular complexity index is 429. The van der Waals surface area contributed by atoms with E-state index in [1.807, 2.05) is 0 Å². The number of amides is 2. The molecule has 1 N–H and O–H groups in total. The molecule has 1 aliphatic carbocycles. The van der Waals surface area contributed by atoms with Gasteiger partial charge in [0.15, 0.2) is 0 Å². The Morgan fingerprint density at radius 3 is 2.21 bits per heavy atom. The van der Waals surface area contributed by atoms with E-state index in [4.69, 9.17) is 0 Å². The lowest BCUT2D eigenvalue weighted by molar-refractivity contribution is -0.187. The molecule has 1 unspecified atom stereocenters. The van der Waals surface area contributed by atoms with Crippen LogP contribution in [0, 0.1) is 5.92 Å². The van der Waals surface area contributed by atoms with Crippen LogP contribution in [-0.4, -0.2) is 40.5 Å². The summed E-state index contributed by atoms with van der Waals surface area (Å²) in [6.07, 6.45) is -3.17. The number of nitrogens with one attached hydrogen (secondary N) is 1. The SMILES string of the molecule is CC1(C)NC(=O)C(C)(C2CC2)N(CC(F)(F)F)C1=O. The van der Waals surface area contributed by atoms with Crippen LogP contribution in [0.1, 0.15) is 33.6 Å². The molecule has 0 spiro atoms. The molecule has 2 fully saturated rings. The number of rotatable bonds is 2. The molecule has 1 heterocycles. The summed E-state index contributed by atoms with van der Waals surface area (Å²) in [7, 11) is 0. The van der Waals surface area contributed by atoms with Gasteiger partial charge >= 0.3 is 6.18 Å². The lowest BCUT2D eigenvalue weighted by Gasteiger charge is -2.49. The third-order valence-corrected chi connectivity index (χ3v) is 3.94. The van der Waals surface area contributed by atoms with Crippen LogP contribution in [0.4, 0.5) is 13.2 Å². The maximum Gasteiger partial charge on any atom is 0.406 e. The largest absolute Gasteiger partial charge is 0.406 e. The molecule has 2 amide bonds. The monoisotopic (exact) mass is 278 g/mol. The molecule has 2 rings (SSSR count). The Hall–Kier alpha value is -1.27. The highest BCUT2D eigenvalue weighted by Crippen LogP contribution is 2.46. The molecular formula is C12H17F3N2O2. The number of carbonyl (C=O) groups excluding carboxylic acids is 2. The van der Waals surface area contributed by atoms with Crippen LogP contribution in [0.15, 0.2) is 0 Å². The van der Waals surface area contributed by atoms with E-state index in [1.54, 1.807) is 0 Å². The van der Waals surface area contributed by atoms with Crippen LogP contribution in [-0.2, 0) is 9.59 Å². The summed E-state index contributed by atoms with van der Waals surface area (Å²) < 4.78 is 38.1. The average Bonchev–Trinajstić information content (AvgIpc) is 3.03. The van der Waals surface area contributed by atoms with Gasteiger partial charge in [0.2, 0.25) is 11.8 Å². The van der Waals surface area contributed by atoms with Crippen molar-refractivity contribution in [2.24, 2.45) is 5.92 Å². The van der Waals surface area contributed by atoms with Gasteiger partial charge in [0.25, 0.3) is 0 Å². The number of alkyl halides is 3. The van der Waals surface area contributed by atoms with Crippen molar-refractivity contribution < 1.29 is 22.8 Å². The van der Waals surface area contributed by atoms with Gasteiger partial charge in [-0.1, -0.05) is 0 Å². The summed E-state index contributed by atoms with van der Waals surface area (Å²) in [6, 6.07) is 0. The van der Waals surface area contributed by atoms with Gasteiger partial charge in [0.1, 0.15) is 17.6 Å². The molecule has 0 aromatic rings. The van der Waals surface area contributed by atoms with E-state index in [0.717, 1.165) is 0 Å². The van der Waals surface area contributed by atoms with Crippen molar-refractivity contribution in [2.75, 3.05) is 6.54 Å². The minimum absolute atomic E-state index is 0.185. The maximum absolute atomic E-state index is 12.7. The number of carbonyl (C=O) groups is 2. The van der Waals surface area contributed by atoms with E-state index >= 15 is 0 Å². The molecule has 1 atom stereocenters. The van der Waals surface area contributed by atoms with Crippen LogP contribution in [0.5, 0.6) is 0 Å². The maximum atomic E-state index is 12.7. The normalized spacial score (nSPS) is 31.4. The molecule has 0 bridgehead atoms. The second kappa shape index (κ2) is 3.86. The Balaban J connectivity index is 2.40. The van der Waals surface area contributed by atoms with Crippen molar-refractivity contribution in [2.45, 2.75) is 50.9 Å². The van der Waals surface area contributed by atoms with Gasteiger partial charge in [-0.2, -0.15) is 13.2 Å². The van der Waals surface area contributed by atoms with Gasteiger partial charge in [-0.25, -0.2) is 0 Å². The van der Waals surface area contributed by atoms with Crippen molar-refractivity contribution in [1.29, 1.82) is 0 Å². The topological polar surface area (TPSA) is 49.4 Å². The number of halogens is 3. The minimum atomic E-state index is -4.51. The van der Waals surface area contributed by atoms with Gasteiger partial charge in [0.05, 0.1) is 0 Å². The van der Waals surface area contributed by atoms with E-state index in [2.05, 4.69) is 5.32 Å². The summed E-state index contributed by atoms with van der Waals surface area (Å²) in [5.41, 5.74) is -2.68. The second-order valence-electron chi connectivity index (χ2n) is 6.01. The van der Waals surface area contributed by atoms with Crippen molar-refractivity contribution in [3.05, 3.63) is 0 Å². The highest BCUT2D eigenvalue weighted by atomic mass is 19.4. The van der Waals surface area contributed by atoms with Gasteiger partial charge in [0, 0.05) is 0 Å². The van der Waals surface area contributed by atoms with E-state index in [-0.39, 0.29) is 5.92 Å². The first-order valence-electron chi connectivity index (χ1n) is 6.20. The Morgan fingerprint density at radius 2 is 1.79 bits per heavy atom. The molecule has 1 saturated heterocycles. The van der Waals surface area contributed by atoms with Crippen LogP contribution >= 0.6 is 0 Å². The summed E-state index contributed by atoms with van der Waals surface area (Å²) in [5.74, 6) is -1.36. The quantitative estimate of drug-likeness (QED) is 0.831. The highest BCUT2D eigenvalue weighted by Gasteiger charge is 2.60. The smallest absolute Gasteiger partial charge is 0.340 e. The molecule has 1 saturated carbocycles. The predicted octanol–water partition coefficient (Wildman–Crippen LogP) is 1.45. The van der Waals surface area contributed by atoms with Crippen LogP contribution in [0.25, 0.3) is 0 Å². The van der Waals surface area contributed by atoms with Gasteiger partial charge in [-0.05, 0) is 39.5 Å². The molecule has 4 nitrogen and oxygen atoms in total. The summed E-state index contributed by atoms with van der Waals surface area (Å²) in [4.78, 5) is 25.1. The zero-order valence-corrected chi connectivity index (χ0v) is 11.1. The Morgan fingerprint density at radius 1 is 1.26 bits per heavy atom. The molecule has 0 radical (unpaired) electrons. The number of nitrogens with zero attached hydrogens (tertiary/aromatic N) is 1. The van der Waals surface area contributed by atoms with Crippen LogP contribution < -0.4 is 5.32 Å². The van der Waals surface area contributed by atoms with Crippen molar-refractivity contribution in [3.63, 3.8) is 0 Å². The van der Waals surface area contributed by atoms with Gasteiger partial charge < -0.3 is 10.2 Å². The molecule has 108 valence electrons. The predicted molar refractivity (Wildman–Crippen MR) is 61.1 cm³/mol. The summed E-state index contributed by atoms with van der Waals surface area (Å²) in [6.45, 7) is 2.89.